The summed E-state index contributed by atoms with van der Waals surface area (Å²) < 4.78 is 26.4. The second-order valence-corrected chi connectivity index (χ2v) is 5.83. The third-order valence-electron chi connectivity index (χ3n) is 2.47. The topological polar surface area (TPSA) is 83.5 Å². The molecule has 1 atom stereocenters. The van der Waals surface area contributed by atoms with E-state index in [0.29, 0.717) is 12.0 Å². The van der Waals surface area contributed by atoms with Crippen LogP contribution in [0.2, 0.25) is 0 Å². The van der Waals surface area contributed by atoms with Gasteiger partial charge in [-0.2, -0.15) is 0 Å². The molecule has 0 bridgehead atoms. The zero-order chi connectivity index (χ0) is 13.8. The molecule has 1 unspecified atom stereocenters. The number of Topliss-reactive ketones (excluding diaryl/α,β-unsaturated/α-hetero) is 1. The molecule has 1 rings (SSSR count). The summed E-state index contributed by atoms with van der Waals surface area (Å²) in [5.41, 5.74) is 0.354. The zero-order valence-electron chi connectivity index (χ0n) is 10.4. The van der Waals surface area contributed by atoms with Crippen molar-refractivity contribution in [2.45, 2.75) is 31.2 Å². The Kier molecular flexibility index (Phi) is 5.01. The van der Waals surface area contributed by atoms with E-state index in [1.807, 2.05) is 0 Å². The number of carbonyl (C=O) groups excluding carboxylic acids is 1. The summed E-state index contributed by atoms with van der Waals surface area (Å²) in [6.07, 6.45) is 0.339. The maximum atomic E-state index is 12.0. The van der Waals surface area contributed by atoms with Gasteiger partial charge in [0, 0.05) is 18.2 Å². The van der Waals surface area contributed by atoms with E-state index in [1.54, 1.807) is 13.0 Å². The van der Waals surface area contributed by atoms with Gasteiger partial charge in [0.2, 0.25) is 10.0 Å². The molecule has 5 nitrogen and oxygen atoms in total. The normalized spacial score (nSPS) is 13.3. The lowest BCUT2D eigenvalue weighted by molar-refractivity contribution is 0.101. The first kappa shape index (κ1) is 14.8. The smallest absolute Gasteiger partial charge is 0.240 e. The number of carbonyl (C=O) groups is 1. The van der Waals surface area contributed by atoms with Crippen LogP contribution in [-0.2, 0) is 10.0 Å². The molecular weight excluding hydrogens is 254 g/mol. The lowest BCUT2D eigenvalue weighted by Crippen LogP contribution is -2.33. The number of hydrogen-bond acceptors (Lipinski definition) is 4. The van der Waals surface area contributed by atoms with Crippen molar-refractivity contribution in [3.05, 3.63) is 29.8 Å². The van der Waals surface area contributed by atoms with Gasteiger partial charge in [0.15, 0.2) is 5.78 Å². The standard InChI is InChI=1S/C12H17NO4S/c1-9(6-7-14)13-18(16,17)12-5-3-4-11(8-12)10(2)15/h3-5,8-9,13-14H,6-7H2,1-2H3. The van der Waals surface area contributed by atoms with E-state index in [9.17, 15) is 13.2 Å². The average molecular weight is 271 g/mol. The van der Waals surface area contributed by atoms with Crippen LogP contribution >= 0.6 is 0 Å². The van der Waals surface area contributed by atoms with Crippen molar-refractivity contribution < 1.29 is 18.3 Å². The van der Waals surface area contributed by atoms with E-state index in [1.165, 1.54) is 25.1 Å². The first-order valence-electron chi connectivity index (χ1n) is 5.61. The Morgan fingerprint density at radius 1 is 1.44 bits per heavy atom. The van der Waals surface area contributed by atoms with Gasteiger partial charge in [-0.15, -0.1) is 0 Å². The highest BCUT2D eigenvalue weighted by Crippen LogP contribution is 2.12. The number of benzene rings is 1. The number of sulfonamides is 1. The van der Waals surface area contributed by atoms with Crippen LogP contribution in [0, 0.1) is 0 Å². The summed E-state index contributed by atoms with van der Waals surface area (Å²) in [7, 11) is -3.65. The molecular formula is C12H17NO4S. The predicted molar refractivity (Wildman–Crippen MR) is 67.9 cm³/mol. The first-order valence-corrected chi connectivity index (χ1v) is 7.09. The molecule has 18 heavy (non-hydrogen) atoms. The summed E-state index contributed by atoms with van der Waals surface area (Å²) >= 11 is 0. The van der Waals surface area contributed by atoms with Gasteiger partial charge in [-0.3, -0.25) is 4.79 Å². The Hall–Kier alpha value is -1.24. The fraction of sp³-hybridized carbons (Fsp3) is 0.417. The number of hydrogen-bond donors (Lipinski definition) is 2. The molecule has 0 heterocycles. The Bertz CT molecular complexity index is 525. The van der Waals surface area contributed by atoms with E-state index in [4.69, 9.17) is 5.11 Å². The molecule has 6 heteroatoms. The van der Waals surface area contributed by atoms with Crippen LogP contribution in [0.5, 0.6) is 0 Å². The first-order chi connectivity index (χ1) is 8.36. The van der Waals surface area contributed by atoms with E-state index in [2.05, 4.69) is 4.72 Å². The van der Waals surface area contributed by atoms with Gasteiger partial charge >= 0.3 is 0 Å². The second kappa shape index (κ2) is 6.08. The number of aliphatic hydroxyl groups excluding tert-OH is 1. The number of nitrogens with one attached hydrogen (secondary N) is 1. The molecule has 1 aromatic carbocycles. The van der Waals surface area contributed by atoms with Gasteiger partial charge in [0.05, 0.1) is 4.90 Å². The van der Waals surface area contributed by atoms with Crippen LogP contribution in [-0.4, -0.2) is 32.0 Å². The SMILES string of the molecule is CC(=O)c1cccc(S(=O)(=O)NC(C)CCO)c1. The van der Waals surface area contributed by atoms with Gasteiger partial charge in [-0.1, -0.05) is 12.1 Å². The Morgan fingerprint density at radius 3 is 2.67 bits per heavy atom. The molecule has 0 fully saturated rings. The lowest BCUT2D eigenvalue weighted by Gasteiger charge is -2.13. The molecule has 0 aliphatic carbocycles. The van der Waals surface area contributed by atoms with Gasteiger partial charge < -0.3 is 5.11 Å². The monoisotopic (exact) mass is 271 g/mol. The number of ketones is 1. The quantitative estimate of drug-likeness (QED) is 0.754. The van der Waals surface area contributed by atoms with Gasteiger partial charge in [-0.05, 0) is 32.4 Å². The largest absolute Gasteiger partial charge is 0.396 e. The Balaban J connectivity index is 2.98. The highest BCUT2D eigenvalue weighted by atomic mass is 32.2. The zero-order valence-corrected chi connectivity index (χ0v) is 11.2. The molecule has 2 N–H and O–H groups in total. The molecule has 0 aliphatic rings. The molecule has 100 valence electrons. The maximum absolute atomic E-state index is 12.0. The van der Waals surface area contributed by atoms with Crippen LogP contribution in [0.15, 0.2) is 29.2 Å². The fourth-order valence-electron chi connectivity index (χ4n) is 1.47. The van der Waals surface area contributed by atoms with Crippen molar-refractivity contribution in [1.82, 2.24) is 4.72 Å². The van der Waals surface area contributed by atoms with Gasteiger partial charge in [0.25, 0.3) is 0 Å². The highest BCUT2D eigenvalue weighted by Gasteiger charge is 2.17. The summed E-state index contributed by atoms with van der Waals surface area (Å²) in [5.74, 6) is -0.185. The maximum Gasteiger partial charge on any atom is 0.240 e. The highest BCUT2D eigenvalue weighted by molar-refractivity contribution is 7.89. The van der Waals surface area contributed by atoms with Crippen molar-refractivity contribution in [3.63, 3.8) is 0 Å². The third-order valence-corrected chi connectivity index (χ3v) is 4.06. The third kappa shape index (κ3) is 3.90. The van der Waals surface area contributed by atoms with Crippen LogP contribution in [0.3, 0.4) is 0 Å². The predicted octanol–water partition coefficient (Wildman–Crippen LogP) is 0.938. The van der Waals surface area contributed by atoms with Crippen molar-refractivity contribution in [3.8, 4) is 0 Å². The minimum Gasteiger partial charge on any atom is -0.396 e. The van der Waals surface area contributed by atoms with E-state index >= 15 is 0 Å². The second-order valence-electron chi connectivity index (χ2n) is 4.12. The molecule has 0 amide bonds. The van der Waals surface area contributed by atoms with E-state index in [-0.39, 0.29) is 23.3 Å². The molecule has 0 saturated carbocycles. The summed E-state index contributed by atoms with van der Waals surface area (Å²) in [5, 5.41) is 8.74. The summed E-state index contributed by atoms with van der Waals surface area (Å²) in [4.78, 5) is 11.3. The Labute approximate surface area is 107 Å². The van der Waals surface area contributed by atoms with Crippen molar-refractivity contribution in [2.75, 3.05) is 6.61 Å². The summed E-state index contributed by atoms with van der Waals surface area (Å²) in [6, 6.07) is 5.51. The van der Waals surface area contributed by atoms with Crippen molar-refractivity contribution >= 4 is 15.8 Å². The number of aliphatic hydroxyl groups is 1. The number of rotatable bonds is 6. The van der Waals surface area contributed by atoms with E-state index < -0.39 is 10.0 Å². The lowest BCUT2D eigenvalue weighted by atomic mass is 10.2. The van der Waals surface area contributed by atoms with Gasteiger partial charge in [-0.25, -0.2) is 13.1 Å². The average Bonchev–Trinajstić information content (AvgIpc) is 2.28. The Morgan fingerprint density at radius 2 is 2.11 bits per heavy atom. The van der Waals surface area contributed by atoms with Crippen molar-refractivity contribution in [2.24, 2.45) is 0 Å². The van der Waals surface area contributed by atoms with Crippen molar-refractivity contribution in [1.29, 1.82) is 0 Å². The minimum absolute atomic E-state index is 0.0555. The minimum atomic E-state index is -3.65. The van der Waals surface area contributed by atoms with Crippen LogP contribution in [0.4, 0.5) is 0 Å². The molecule has 1 aromatic rings. The van der Waals surface area contributed by atoms with Crippen LogP contribution in [0.1, 0.15) is 30.6 Å². The molecule has 0 radical (unpaired) electrons. The fourth-order valence-corrected chi connectivity index (χ4v) is 2.79. The summed E-state index contributed by atoms with van der Waals surface area (Å²) in [6.45, 7) is 2.97. The van der Waals surface area contributed by atoms with Crippen LogP contribution < -0.4 is 4.72 Å². The molecule has 0 saturated heterocycles. The molecule has 0 aromatic heterocycles. The van der Waals surface area contributed by atoms with E-state index in [0.717, 1.165) is 0 Å². The van der Waals surface area contributed by atoms with Crippen LogP contribution in [0.25, 0.3) is 0 Å². The van der Waals surface area contributed by atoms with Gasteiger partial charge in [0.1, 0.15) is 0 Å². The molecule has 0 spiro atoms. The molecule has 0 aliphatic heterocycles.